The van der Waals surface area contributed by atoms with E-state index in [9.17, 15) is 4.79 Å². The molecule has 0 amide bonds. The number of carbonyl (C=O) groups excluding carboxylic acids is 1. The van der Waals surface area contributed by atoms with E-state index in [1.165, 1.54) is 0 Å². The zero-order chi connectivity index (χ0) is 12.1. The van der Waals surface area contributed by atoms with E-state index < -0.39 is 0 Å². The quantitative estimate of drug-likeness (QED) is 0.812. The summed E-state index contributed by atoms with van der Waals surface area (Å²) in [6.07, 6.45) is 0.811. The molecule has 0 unspecified atom stereocenters. The standard InChI is InChI=1S/C14H10N2O/c15-9-11-1-5-13(6-2-11)16-14-7-3-12(10-17)4-8-14/h1-8,10,16H. The molecule has 0 bridgehead atoms. The molecular weight excluding hydrogens is 212 g/mol. The predicted octanol–water partition coefficient (Wildman–Crippen LogP) is 3.11. The van der Waals surface area contributed by atoms with Crippen LogP contribution in [-0.4, -0.2) is 6.29 Å². The second-order valence-corrected chi connectivity index (χ2v) is 3.55. The van der Waals surface area contributed by atoms with E-state index in [4.69, 9.17) is 5.26 Å². The fourth-order valence-corrected chi connectivity index (χ4v) is 1.44. The highest BCUT2D eigenvalue weighted by atomic mass is 16.1. The molecule has 0 saturated carbocycles. The Morgan fingerprint density at radius 1 is 0.941 bits per heavy atom. The molecule has 2 aromatic carbocycles. The molecule has 0 spiro atoms. The summed E-state index contributed by atoms with van der Waals surface area (Å²) in [5.41, 5.74) is 3.09. The summed E-state index contributed by atoms with van der Waals surface area (Å²) in [5.74, 6) is 0. The first-order chi connectivity index (χ1) is 8.31. The predicted molar refractivity (Wildman–Crippen MR) is 66.3 cm³/mol. The van der Waals surface area contributed by atoms with Crippen molar-refractivity contribution in [2.24, 2.45) is 0 Å². The Bertz CT molecular complexity index is 550. The van der Waals surface area contributed by atoms with Gasteiger partial charge in [0.05, 0.1) is 11.6 Å². The van der Waals surface area contributed by atoms with Crippen molar-refractivity contribution in [1.82, 2.24) is 0 Å². The number of anilines is 2. The van der Waals surface area contributed by atoms with E-state index in [0.717, 1.165) is 17.7 Å². The number of rotatable bonds is 3. The largest absolute Gasteiger partial charge is 0.356 e. The van der Waals surface area contributed by atoms with E-state index in [1.54, 1.807) is 24.3 Å². The summed E-state index contributed by atoms with van der Waals surface area (Å²) >= 11 is 0. The maximum absolute atomic E-state index is 10.5. The summed E-state index contributed by atoms with van der Waals surface area (Å²) in [7, 11) is 0. The molecule has 2 rings (SSSR count). The lowest BCUT2D eigenvalue weighted by atomic mass is 10.2. The van der Waals surface area contributed by atoms with Gasteiger partial charge in [-0.1, -0.05) is 0 Å². The molecular formula is C14H10N2O. The minimum absolute atomic E-state index is 0.631. The van der Waals surface area contributed by atoms with Crippen molar-refractivity contribution >= 4 is 17.7 Å². The second kappa shape index (κ2) is 4.95. The first kappa shape index (κ1) is 10.9. The van der Waals surface area contributed by atoms with Gasteiger partial charge in [0, 0.05) is 16.9 Å². The van der Waals surface area contributed by atoms with E-state index in [1.807, 2.05) is 24.3 Å². The van der Waals surface area contributed by atoms with Crippen molar-refractivity contribution in [3.8, 4) is 6.07 Å². The number of hydrogen-bond donors (Lipinski definition) is 1. The topological polar surface area (TPSA) is 52.9 Å². The van der Waals surface area contributed by atoms with Gasteiger partial charge in [-0.25, -0.2) is 0 Å². The molecule has 0 aliphatic heterocycles. The van der Waals surface area contributed by atoms with Crippen LogP contribution in [0.15, 0.2) is 48.5 Å². The molecule has 3 nitrogen and oxygen atoms in total. The van der Waals surface area contributed by atoms with E-state index in [-0.39, 0.29) is 0 Å². The highest BCUT2D eigenvalue weighted by Gasteiger charge is 1.96. The number of nitrogens with one attached hydrogen (secondary N) is 1. The number of aldehydes is 1. The van der Waals surface area contributed by atoms with Crippen LogP contribution >= 0.6 is 0 Å². The minimum atomic E-state index is 0.631. The van der Waals surface area contributed by atoms with E-state index in [2.05, 4.69) is 11.4 Å². The summed E-state index contributed by atoms with van der Waals surface area (Å²) in [6.45, 7) is 0. The Labute approximate surface area is 99.3 Å². The lowest BCUT2D eigenvalue weighted by molar-refractivity contribution is 0.112. The third-order valence-electron chi connectivity index (χ3n) is 2.35. The van der Waals surface area contributed by atoms with Crippen LogP contribution in [0.5, 0.6) is 0 Å². The van der Waals surface area contributed by atoms with Crippen LogP contribution in [-0.2, 0) is 0 Å². The van der Waals surface area contributed by atoms with Gasteiger partial charge in [0.25, 0.3) is 0 Å². The first-order valence-electron chi connectivity index (χ1n) is 5.14. The third-order valence-corrected chi connectivity index (χ3v) is 2.35. The third kappa shape index (κ3) is 2.70. The number of nitrogens with zero attached hydrogens (tertiary/aromatic N) is 1. The average Bonchev–Trinajstić information content (AvgIpc) is 2.40. The van der Waals surface area contributed by atoms with Gasteiger partial charge in [0.2, 0.25) is 0 Å². The van der Waals surface area contributed by atoms with Gasteiger partial charge < -0.3 is 5.32 Å². The number of nitriles is 1. The highest BCUT2D eigenvalue weighted by molar-refractivity contribution is 5.76. The van der Waals surface area contributed by atoms with Gasteiger partial charge in [-0.2, -0.15) is 5.26 Å². The van der Waals surface area contributed by atoms with Gasteiger partial charge in [-0.05, 0) is 48.5 Å². The Balaban J connectivity index is 2.14. The molecule has 0 fully saturated rings. The van der Waals surface area contributed by atoms with Crippen LogP contribution in [0.25, 0.3) is 0 Å². The summed E-state index contributed by atoms with van der Waals surface area (Å²) in [6, 6.07) is 16.4. The Kier molecular flexibility index (Phi) is 3.18. The monoisotopic (exact) mass is 222 g/mol. The maximum Gasteiger partial charge on any atom is 0.150 e. The normalized spacial score (nSPS) is 9.35. The fraction of sp³-hybridized carbons (Fsp3) is 0. The smallest absolute Gasteiger partial charge is 0.150 e. The molecule has 82 valence electrons. The average molecular weight is 222 g/mol. The lowest BCUT2D eigenvalue weighted by Crippen LogP contribution is -1.90. The number of hydrogen-bond acceptors (Lipinski definition) is 3. The molecule has 0 aliphatic carbocycles. The molecule has 2 aromatic rings. The van der Waals surface area contributed by atoms with Crippen molar-refractivity contribution in [1.29, 1.82) is 5.26 Å². The Morgan fingerprint density at radius 2 is 1.47 bits per heavy atom. The van der Waals surface area contributed by atoms with Crippen molar-refractivity contribution in [2.45, 2.75) is 0 Å². The molecule has 1 N–H and O–H groups in total. The summed E-state index contributed by atoms with van der Waals surface area (Å²) in [4.78, 5) is 10.5. The molecule has 0 radical (unpaired) electrons. The zero-order valence-corrected chi connectivity index (χ0v) is 9.05. The van der Waals surface area contributed by atoms with E-state index >= 15 is 0 Å². The second-order valence-electron chi connectivity index (χ2n) is 3.55. The highest BCUT2D eigenvalue weighted by Crippen LogP contribution is 2.17. The molecule has 0 aliphatic rings. The molecule has 0 aromatic heterocycles. The van der Waals surface area contributed by atoms with Gasteiger partial charge in [0.1, 0.15) is 6.29 Å². The lowest BCUT2D eigenvalue weighted by Gasteiger charge is -2.06. The molecule has 3 heteroatoms. The van der Waals surface area contributed by atoms with Crippen LogP contribution in [0.2, 0.25) is 0 Å². The maximum atomic E-state index is 10.5. The van der Waals surface area contributed by atoms with Crippen molar-refractivity contribution in [3.63, 3.8) is 0 Å². The molecule has 17 heavy (non-hydrogen) atoms. The molecule has 0 saturated heterocycles. The Hall–Kier alpha value is -2.60. The minimum Gasteiger partial charge on any atom is -0.356 e. The van der Waals surface area contributed by atoms with Crippen molar-refractivity contribution < 1.29 is 4.79 Å². The van der Waals surface area contributed by atoms with Gasteiger partial charge >= 0.3 is 0 Å². The van der Waals surface area contributed by atoms with Crippen molar-refractivity contribution in [3.05, 3.63) is 59.7 Å². The zero-order valence-electron chi connectivity index (χ0n) is 9.05. The van der Waals surface area contributed by atoms with E-state index in [0.29, 0.717) is 11.1 Å². The molecule has 0 heterocycles. The SMILES string of the molecule is N#Cc1ccc(Nc2ccc(C=O)cc2)cc1. The van der Waals surface area contributed by atoms with Crippen LogP contribution in [0, 0.1) is 11.3 Å². The van der Waals surface area contributed by atoms with Gasteiger partial charge in [-0.3, -0.25) is 4.79 Å². The first-order valence-corrected chi connectivity index (χ1v) is 5.14. The van der Waals surface area contributed by atoms with Crippen LogP contribution in [0.1, 0.15) is 15.9 Å². The van der Waals surface area contributed by atoms with Crippen molar-refractivity contribution in [2.75, 3.05) is 5.32 Å². The number of benzene rings is 2. The van der Waals surface area contributed by atoms with Crippen LogP contribution in [0.3, 0.4) is 0 Å². The van der Waals surface area contributed by atoms with Crippen LogP contribution < -0.4 is 5.32 Å². The Morgan fingerprint density at radius 3 is 1.94 bits per heavy atom. The van der Waals surface area contributed by atoms with Gasteiger partial charge in [0.15, 0.2) is 0 Å². The number of carbonyl (C=O) groups is 1. The molecule has 0 atom stereocenters. The summed E-state index contributed by atoms with van der Waals surface area (Å²) < 4.78 is 0. The fourth-order valence-electron chi connectivity index (χ4n) is 1.44. The van der Waals surface area contributed by atoms with Gasteiger partial charge in [-0.15, -0.1) is 0 Å². The summed E-state index contributed by atoms with van der Waals surface area (Å²) in [5, 5.41) is 11.9. The van der Waals surface area contributed by atoms with Crippen LogP contribution in [0.4, 0.5) is 11.4 Å².